The van der Waals surface area contributed by atoms with E-state index >= 15 is 0 Å². The first kappa shape index (κ1) is 18.9. The van der Waals surface area contributed by atoms with Crippen molar-refractivity contribution in [3.05, 3.63) is 72.1 Å². The van der Waals surface area contributed by atoms with Crippen LogP contribution in [0.1, 0.15) is 24.1 Å². The zero-order chi connectivity index (χ0) is 20.3. The van der Waals surface area contributed by atoms with Crippen molar-refractivity contribution >= 4 is 17.7 Å². The Bertz CT molecular complexity index is 1110. The average Bonchev–Trinajstić information content (AvgIpc) is 3.53. The molecule has 0 radical (unpaired) electrons. The fourth-order valence-corrected chi connectivity index (χ4v) is 4.45. The van der Waals surface area contributed by atoms with Gasteiger partial charge in [0.15, 0.2) is 5.16 Å². The van der Waals surface area contributed by atoms with Crippen LogP contribution in [0, 0.1) is 6.92 Å². The highest BCUT2D eigenvalue weighted by Crippen LogP contribution is 2.31. The molecule has 7 heteroatoms. The highest BCUT2D eigenvalue weighted by Gasteiger charge is 2.22. The summed E-state index contributed by atoms with van der Waals surface area (Å²) in [6.45, 7) is 4.15. The second kappa shape index (κ2) is 8.36. The molecule has 4 aromatic rings. The van der Waals surface area contributed by atoms with Crippen molar-refractivity contribution in [3.63, 3.8) is 0 Å². The standard InChI is InChI=1S/C23H23N5OS/c1-17-9-11-20(12-10-17)28-22(27-13-5-6-14-27)25-26-23(28)30-16-19-15-29-21(24-19)18-7-3-2-4-8-18/h2-4,7-12,15H,5-6,13-14,16H2,1H3. The second-order valence-electron chi connectivity index (χ2n) is 7.45. The number of rotatable bonds is 6. The predicted octanol–water partition coefficient (Wildman–Crippen LogP) is 5.12. The van der Waals surface area contributed by atoms with E-state index in [1.165, 1.54) is 18.4 Å². The van der Waals surface area contributed by atoms with Crippen molar-refractivity contribution in [2.24, 2.45) is 0 Å². The third-order valence-corrected chi connectivity index (χ3v) is 6.18. The number of aryl methyl sites for hydroxylation is 1. The van der Waals surface area contributed by atoms with Gasteiger partial charge in [-0.1, -0.05) is 47.7 Å². The molecule has 0 atom stereocenters. The van der Waals surface area contributed by atoms with E-state index in [0.717, 1.165) is 41.1 Å². The normalized spacial score (nSPS) is 13.8. The van der Waals surface area contributed by atoms with Crippen LogP contribution in [0.15, 0.2) is 70.4 Å². The summed E-state index contributed by atoms with van der Waals surface area (Å²) in [4.78, 5) is 6.96. The predicted molar refractivity (Wildman–Crippen MR) is 119 cm³/mol. The summed E-state index contributed by atoms with van der Waals surface area (Å²) in [5.41, 5.74) is 4.19. The Morgan fingerprint density at radius 2 is 1.73 bits per heavy atom. The molecular weight excluding hydrogens is 394 g/mol. The van der Waals surface area contributed by atoms with Crippen molar-refractivity contribution in [3.8, 4) is 17.1 Å². The van der Waals surface area contributed by atoms with E-state index in [9.17, 15) is 0 Å². The van der Waals surface area contributed by atoms with Crippen LogP contribution in [-0.2, 0) is 5.75 Å². The maximum atomic E-state index is 5.68. The van der Waals surface area contributed by atoms with Crippen molar-refractivity contribution in [1.82, 2.24) is 19.7 Å². The lowest BCUT2D eigenvalue weighted by atomic mass is 10.2. The topological polar surface area (TPSA) is 60.0 Å². The number of benzene rings is 2. The molecule has 152 valence electrons. The summed E-state index contributed by atoms with van der Waals surface area (Å²) in [5, 5.41) is 9.92. The number of aromatic nitrogens is 4. The molecular formula is C23H23N5OS. The maximum Gasteiger partial charge on any atom is 0.232 e. The van der Waals surface area contributed by atoms with Gasteiger partial charge in [0.25, 0.3) is 0 Å². The molecule has 0 unspecified atom stereocenters. The van der Waals surface area contributed by atoms with Gasteiger partial charge in [0.05, 0.1) is 11.4 Å². The summed E-state index contributed by atoms with van der Waals surface area (Å²) in [6.07, 6.45) is 4.12. The molecule has 0 N–H and O–H groups in total. The van der Waals surface area contributed by atoms with Crippen molar-refractivity contribution < 1.29 is 4.42 Å². The zero-order valence-electron chi connectivity index (χ0n) is 16.9. The number of hydrogen-bond donors (Lipinski definition) is 0. The van der Waals surface area contributed by atoms with Gasteiger partial charge in [-0.25, -0.2) is 4.98 Å². The molecule has 5 rings (SSSR count). The third-order valence-electron chi connectivity index (χ3n) is 5.22. The van der Waals surface area contributed by atoms with Gasteiger partial charge < -0.3 is 9.32 Å². The van der Waals surface area contributed by atoms with E-state index in [0.29, 0.717) is 11.6 Å². The molecule has 3 heterocycles. The smallest absolute Gasteiger partial charge is 0.232 e. The summed E-state index contributed by atoms with van der Waals surface area (Å²) >= 11 is 1.63. The number of hydrogen-bond acceptors (Lipinski definition) is 6. The molecule has 1 aliphatic heterocycles. The minimum absolute atomic E-state index is 0.643. The Hall–Kier alpha value is -3.06. The van der Waals surface area contributed by atoms with Crippen LogP contribution >= 0.6 is 11.8 Å². The van der Waals surface area contributed by atoms with Crippen molar-refractivity contribution in [2.45, 2.75) is 30.7 Å². The summed E-state index contributed by atoms with van der Waals surface area (Å²) in [7, 11) is 0. The van der Waals surface area contributed by atoms with E-state index < -0.39 is 0 Å². The zero-order valence-corrected chi connectivity index (χ0v) is 17.7. The Morgan fingerprint density at radius 3 is 2.50 bits per heavy atom. The minimum Gasteiger partial charge on any atom is -0.444 e. The molecule has 2 aromatic carbocycles. The first-order valence-electron chi connectivity index (χ1n) is 10.2. The summed E-state index contributed by atoms with van der Waals surface area (Å²) in [5.74, 6) is 2.23. The highest BCUT2D eigenvalue weighted by atomic mass is 32.2. The Labute approximate surface area is 180 Å². The van der Waals surface area contributed by atoms with Crippen LogP contribution < -0.4 is 4.90 Å². The summed E-state index contributed by atoms with van der Waals surface area (Å²) < 4.78 is 7.84. The van der Waals surface area contributed by atoms with E-state index in [1.807, 2.05) is 30.3 Å². The SMILES string of the molecule is Cc1ccc(-n2c(SCc3coc(-c4ccccc4)n3)nnc2N2CCCC2)cc1. The van der Waals surface area contributed by atoms with E-state index in [-0.39, 0.29) is 0 Å². The number of anilines is 1. The summed E-state index contributed by atoms with van der Waals surface area (Å²) in [6, 6.07) is 18.5. The van der Waals surface area contributed by atoms with Gasteiger partial charge in [0.1, 0.15) is 6.26 Å². The Balaban J connectivity index is 1.40. The van der Waals surface area contributed by atoms with E-state index in [4.69, 9.17) is 4.42 Å². The third kappa shape index (κ3) is 3.85. The Kier molecular flexibility index (Phi) is 5.27. The second-order valence-corrected chi connectivity index (χ2v) is 8.39. The molecule has 0 amide bonds. The molecule has 1 saturated heterocycles. The maximum absolute atomic E-state index is 5.68. The lowest BCUT2D eigenvalue weighted by Crippen LogP contribution is -2.22. The molecule has 0 spiro atoms. The number of thioether (sulfide) groups is 1. The van der Waals surface area contributed by atoms with Gasteiger partial charge in [0, 0.05) is 24.4 Å². The van der Waals surface area contributed by atoms with Gasteiger partial charge in [-0.3, -0.25) is 4.57 Å². The van der Waals surface area contributed by atoms with E-state index in [2.05, 4.69) is 55.8 Å². The lowest BCUT2D eigenvalue weighted by molar-refractivity contribution is 0.573. The average molecular weight is 418 g/mol. The van der Waals surface area contributed by atoms with Gasteiger partial charge >= 0.3 is 0 Å². The van der Waals surface area contributed by atoms with Crippen LogP contribution in [0.3, 0.4) is 0 Å². The van der Waals surface area contributed by atoms with Gasteiger partial charge in [-0.05, 0) is 44.0 Å². The molecule has 6 nitrogen and oxygen atoms in total. The first-order chi connectivity index (χ1) is 14.8. The fraction of sp³-hybridized carbons (Fsp3) is 0.261. The van der Waals surface area contributed by atoms with Crippen molar-refractivity contribution in [2.75, 3.05) is 18.0 Å². The quantitative estimate of drug-likeness (QED) is 0.406. The van der Waals surface area contributed by atoms with Crippen LogP contribution in [-0.4, -0.2) is 32.8 Å². The molecule has 1 fully saturated rings. The molecule has 0 saturated carbocycles. The number of oxazole rings is 1. The lowest BCUT2D eigenvalue weighted by Gasteiger charge is -2.18. The van der Waals surface area contributed by atoms with Crippen LogP contribution in [0.2, 0.25) is 0 Å². The first-order valence-corrected chi connectivity index (χ1v) is 11.2. The van der Waals surface area contributed by atoms with Gasteiger partial charge in [0.2, 0.25) is 11.8 Å². The minimum atomic E-state index is 0.643. The molecule has 30 heavy (non-hydrogen) atoms. The van der Waals surface area contributed by atoms with Crippen LogP contribution in [0.5, 0.6) is 0 Å². The van der Waals surface area contributed by atoms with Gasteiger partial charge in [-0.2, -0.15) is 0 Å². The monoisotopic (exact) mass is 417 g/mol. The van der Waals surface area contributed by atoms with Gasteiger partial charge in [-0.15, -0.1) is 10.2 Å². The molecule has 0 bridgehead atoms. The molecule has 1 aliphatic rings. The fourth-order valence-electron chi connectivity index (χ4n) is 3.62. The molecule has 2 aromatic heterocycles. The largest absolute Gasteiger partial charge is 0.444 e. The molecule has 0 aliphatic carbocycles. The van der Waals surface area contributed by atoms with Crippen LogP contribution in [0.4, 0.5) is 5.95 Å². The highest BCUT2D eigenvalue weighted by molar-refractivity contribution is 7.98. The number of nitrogens with zero attached hydrogens (tertiary/aromatic N) is 5. The Morgan fingerprint density at radius 1 is 0.967 bits per heavy atom. The van der Waals surface area contributed by atoms with E-state index in [1.54, 1.807) is 18.0 Å². The van der Waals surface area contributed by atoms with Crippen molar-refractivity contribution in [1.29, 1.82) is 0 Å². The van der Waals surface area contributed by atoms with Crippen LogP contribution in [0.25, 0.3) is 17.1 Å².